The van der Waals surface area contributed by atoms with Gasteiger partial charge in [0.15, 0.2) is 0 Å². The normalized spacial score (nSPS) is 7.92. The fourth-order valence-corrected chi connectivity index (χ4v) is 0.534. The molecule has 1 aromatic carbocycles. The molecule has 0 aliphatic rings. The first-order valence-electron chi connectivity index (χ1n) is 2.93. The topological polar surface area (TPSA) is 54.4 Å². The molecular formula is C7H9KO3S. The summed E-state index contributed by atoms with van der Waals surface area (Å²) in [5.41, 5.74) is 1.32. The van der Waals surface area contributed by atoms with Crippen molar-refractivity contribution >= 4 is 11.0 Å². The van der Waals surface area contributed by atoms with Gasteiger partial charge in [0.25, 0.3) is 0 Å². The Morgan fingerprint density at radius 1 is 1.17 bits per heavy atom. The monoisotopic (exact) mass is 212 g/mol. The first-order chi connectivity index (χ1) is 5.13. The van der Waals surface area contributed by atoms with E-state index in [0.717, 1.165) is 0 Å². The Bertz CT molecular complexity index is 251. The van der Waals surface area contributed by atoms with Gasteiger partial charge in [0.2, 0.25) is 0 Å². The largest absolute Gasteiger partial charge is 1.00 e. The van der Waals surface area contributed by atoms with Crippen LogP contribution >= 0.6 is 0 Å². The molecule has 0 heterocycles. The molecule has 0 aliphatic carbocycles. The maximum absolute atomic E-state index is 8.56. The van der Waals surface area contributed by atoms with Gasteiger partial charge in [0.1, 0.15) is 0 Å². The van der Waals surface area contributed by atoms with Crippen molar-refractivity contribution in [3.8, 4) is 0 Å². The van der Waals surface area contributed by atoms with Gasteiger partial charge in [-0.3, -0.25) is 0 Å². The standard InChI is InChI=1S/C7H8.K.HO3S/c1-7-5-3-2-4-6-7;;1-4(2)3/h2-6H,1H3;;(H,1,2,3)/q;+1;-1. The molecular weight excluding hydrogens is 203 g/mol. The van der Waals surface area contributed by atoms with Gasteiger partial charge < -0.3 is 13.0 Å². The van der Waals surface area contributed by atoms with E-state index in [1.807, 2.05) is 18.2 Å². The van der Waals surface area contributed by atoms with Crippen LogP contribution in [-0.2, 0) is 19.4 Å². The van der Waals surface area contributed by atoms with Crippen molar-refractivity contribution in [3.63, 3.8) is 0 Å². The molecule has 0 spiro atoms. The first-order valence-corrected chi connectivity index (χ1v) is 3.96. The summed E-state index contributed by atoms with van der Waals surface area (Å²) in [5, 5.41) is 0. The van der Waals surface area contributed by atoms with E-state index in [9.17, 15) is 0 Å². The molecule has 0 saturated heterocycles. The van der Waals surface area contributed by atoms with Crippen molar-refractivity contribution in [3.05, 3.63) is 35.9 Å². The number of aryl methyl sites for hydroxylation is 1. The molecule has 0 aliphatic heterocycles. The van der Waals surface area contributed by atoms with Crippen molar-refractivity contribution < 1.29 is 64.4 Å². The molecule has 0 amide bonds. The van der Waals surface area contributed by atoms with E-state index in [0.29, 0.717) is 0 Å². The van der Waals surface area contributed by atoms with Crippen LogP contribution in [0.3, 0.4) is 0 Å². The molecule has 62 valence electrons. The number of hydrogen-bond donors (Lipinski definition) is 1. The summed E-state index contributed by atoms with van der Waals surface area (Å²) in [6, 6.07) is 10.3. The van der Waals surface area contributed by atoms with E-state index in [2.05, 4.69) is 19.1 Å². The third-order valence-corrected chi connectivity index (χ3v) is 0.940. The average Bonchev–Trinajstić information content (AvgIpc) is 1.87. The van der Waals surface area contributed by atoms with Crippen molar-refractivity contribution in [2.45, 2.75) is 6.92 Å². The summed E-state index contributed by atoms with van der Waals surface area (Å²) in [4.78, 5) is 0. The molecule has 1 rings (SSSR count). The van der Waals surface area contributed by atoms with Crippen LogP contribution in [-0.4, -0.2) is 4.55 Å². The Kier molecular flexibility index (Phi) is 12.5. The van der Waals surface area contributed by atoms with Crippen molar-refractivity contribution in [1.82, 2.24) is 0 Å². The first kappa shape index (κ1) is 15.2. The molecule has 12 heavy (non-hydrogen) atoms. The zero-order valence-corrected chi connectivity index (χ0v) is 11.0. The van der Waals surface area contributed by atoms with Crippen LogP contribution in [0.15, 0.2) is 30.3 Å². The van der Waals surface area contributed by atoms with Crippen molar-refractivity contribution in [2.75, 3.05) is 0 Å². The van der Waals surface area contributed by atoms with Crippen LogP contribution in [0, 0.1) is 6.92 Å². The van der Waals surface area contributed by atoms with Gasteiger partial charge in [0, 0.05) is 11.0 Å². The van der Waals surface area contributed by atoms with Crippen LogP contribution in [0.2, 0.25) is 0 Å². The second kappa shape index (κ2) is 9.85. The molecule has 0 unspecified atom stereocenters. The van der Waals surface area contributed by atoms with E-state index in [-0.39, 0.29) is 51.4 Å². The Hall–Kier alpha value is 0.766. The Labute approximate surface area is 116 Å². The summed E-state index contributed by atoms with van der Waals surface area (Å²) < 4.78 is 24.1. The maximum Gasteiger partial charge on any atom is 1.00 e. The molecule has 0 aromatic heterocycles. The van der Waals surface area contributed by atoms with Gasteiger partial charge in [-0.05, 0) is 6.92 Å². The zero-order chi connectivity index (χ0) is 8.69. The predicted molar refractivity (Wildman–Crippen MR) is 42.5 cm³/mol. The second-order valence-electron chi connectivity index (χ2n) is 1.87. The van der Waals surface area contributed by atoms with Gasteiger partial charge >= 0.3 is 51.4 Å². The number of rotatable bonds is 0. The summed E-state index contributed by atoms with van der Waals surface area (Å²) in [6.07, 6.45) is 0. The van der Waals surface area contributed by atoms with Crippen LogP contribution in [0.25, 0.3) is 0 Å². The van der Waals surface area contributed by atoms with Crippen molar-refractivity contribution in [1.29, 1.82) is 0 Å². The molecule has 0 radical (unpaired) electrons. The van der Waals surface area contributed by atoms with Gasteiger partial charge in [-0.2, -0.15) is 0 Å². The molecule has 5 heteroatoms. The second-order valence-corrected chi connectivity index (χ2v) is 2.31. The smallest absolute Gasteiger partial charge is 0.439 e. The third kappa shape index (κ3) is 13.4. The fraction of sp³-hybridized carbons (Fsp3) is 0.143. The quantitative estimate of drug-likeness (QED) is 0.253. The number of benzene rings is 1. The summed E-state index contributed by atoms with van der Waals surface area (Å²) >= 11 is 0. The van der Waals surface area contributed by atoms with Gasteiger partial charge in [-0.25, -0.2) is 0 Å². The Morgan fingerprint density at radius 3 is 1.67 bits per heavy atom. The molecule has 0 saturated carbocycles. The summed E-state index contributed by atoms with van der Waals surface area (Å²) in [5.74, 6) is 0. The average molecular weight is 212 g/mol. The van der Waals surface area contributed by atoms with E-state index in [1.54, 1.807) is 0 Å². The predicted octanol–water partition coefficient (Wildman–Crippen LogP) is -1.23. The minimum Gasteiger partial charge on any atom is -0.439 e. The minimum absolute atomic E-state index is 0. The van der Waals surface area contributed by atoms with E-state index in [1.165, 1.54) is 5.56 Å². The summed E-state index contributed by atoms with van der Waals surface area (Å²) in [7, 11) is -2.86. The van der Waals surface area contributed by atoms with Gasteiger partial charge in [-0.15, -0.1) is 0 Å². The molecule has 1 aromatic rings. The Balaban J connectivity index is 0. The van der Waals surface area contributed by atoms with Crippen LogP contribution in [0.1, 0.15) is 5.56 Å². The van der Waals surface area contributed by atoms with E-state index >= 15 is 0 Å². The zero-order valence-electron chi connectivity index (χ0n) is 7.06. The maximum atomic E-state index is 8.56. The molecule has 0 fully saturated rings. The molecule has 3 nitrogen and oxygen atoms in total. The van der Waals surface area contributed by atoms with E-state index < -0.39 is 11.0 Å². The van der Waals surface area contributed by atoms with Crippen molar-refractivity contribution in [2.24, 2.45) is 0 Å². The van der Waals surface area contributed by atoms with E-state index in [4.69, 9.17) is 13.0 Å². The molecule has 0 bridgehead atoms. The van der Waals surface area contributed by atoms with Crippen LogP contribution < -0.4 is 51.4 Å². The van der Waals surface area contributed by atoms with Crippen LogP contribution in [0.5, 0.6) is 0 Å². The summed E-state index contributed by atoms with van der Waals surface area (Å²) in [6.45, 7) is 2.08. The molecule has 0 atom stereocenters. The molecule has 1 N–H and O–H groups in total. The third-order valence-electron chi connectivity index (χ3n) is 0.940. The number of hydrogen-bond acceptors (Lipinski definition) is 3. The van der Waals surface area contributed by atoms with Gasteiger partial charge in [-0.1, -0.05) is 35.9 Å². The minimum atomic E-state index is -2.86. The van der Waals surface area contributed by atoms with Gasteiger partial charge in [0.05, 0.1) is 0 Å². The Morgan fingerprint density at radius 2 is 1.50 bits per heavy atom. The fourth-order valence-electron chi connectivity index (χ4n) is 0.534. The SMILES string of the molecule is Cc1ccccc1.O=[S-](=O)O.[K+]. The van der Waals surface area contributed by atoms with Crippen LogP contribution in [0.4, 0.5) is 0 Å².